The lowest BCUT2D eigenvalue weighted by molar-refractivity contribution is 0.193. The van der Waals surface area contributed by atoms with Crippen molar-refractivity contribution in [2.45, 2.75) is 38.9 Å². The second kappa shape index (κ2) is 7.15. The molecule has 0 aliphatic heterocycles. The Hall–Kier alpha value is -0.283. The fraction of sp³-hybridized carbons (Fsp3) is 0.800. The third kappa shape index (κ3) is 11.7. The van der Waals surface area contributed by atoms with Gasteiger partial charge in [0.25, 0.3) is 0 Å². The number of methoxy groups -OCH3 is 1. The molecule has 0 bridgehead atoms. The van der Waals surface area contributed by atoms with Crippen molar-refractivity contribution >= 4 is 8.32 Å². The van der Waals surface area contributed by atoms with Crippen molar-refractivity contribution in [2.75, 3.05) is 13.7 Å². The summed E-state index contributed by atoms with van der Waals surface area (Å²) >= 11 is 0. The van der Waals surface area contributed by atoms with E-state index in [2.05, 4.69) is 25.7 Å². The molecule has 0 saturated heterocycles. The van der Waals surface area contributed by atoms with Crippen LogP contribution in [0.4, 0.5) is 0 Å². The molecule has 0 radical (unpaired) electrons. The average Bonchev–Trinajstić information content (AvgIpc) is 2.01. The topological polar surface area (TPSA) is 18.5 Å². The molecule has 0 heterocycles. The lowest BCUT2D eigenvalue weighted by Crippen LogP contribution is -2.21. The third-order valence-corrected chi connectivity index (χ3v) is 2.33. The minimum atomic E-state index is -1.34. The molecule has 0 amide bonds. The number of unbranched alkanes of at least 4 members (excludes halogenated alkanes) is 2. The van der Waals surface area contributed by atoms with Crippen molar-refractivity contribution in [2.24, 2.45) is 0 Å². The van der Waals surface area contributed by atoms with Crippen LogP contribution in [0.25, 0.3) is 0 Å². The maximum atomic E-state index is 5.56. The summed E-state index contributed by atoms with van der Waals surface area (Å²) < 4.78 is 10.5. The van der Waals surface area contributed by atoms with Crippen LogP contribution in [-0.4, -0.2) is 22.0 Å². The van der Waals surface area contributed by atoms with Gasteiger partial charge >= 0.3 is 0 Å². The number of hydrogen-bond donors (Lipinski definition) is 0. The van der Waals surface area contributed by atoms with E-state index < -0.39 is 8.32 Å². The zero-order valence-corrected chi connectivity index (χ0v) is 10.3. The van der Waals surface area contributed by atoms with Gasteiger partial charge in [-0.1, -0.05) is 6.08 Å². The first-order valence-electron chi connectivity index (χ1n) is 4.88. The standard InChI is InChI=1S/C10H22O2Si/c1-11-9-7-5-6-8-10-12-13(2,3)4/h8,10H,5-7,9H2,1-4H3. The highest BCUT2D eigenvalue weighted by atomic mass is 28.4. The zero-order valence-electron chi connectivity index (χ0n) is 9.30. The van der Waals surface area contributed by atoms with Crippen molar-refractivity contribution in [3.8, 4) is 0 Å². The summed E-state index contributed by atoms with van der Waals surface area (Å²) in [5.41, 5.74) is 0. The summed E-state index contributed by atoms with van der Waals surface area (Å²) in [7, 11) is 0.396. The Balaban J connectivity index is 3.22. The molecule has 0 unspecified atom stereocenters. The monoisotopic (exact) mass is 202 g/mol. The Morgan fingerprint density at radius 1 is 1.15 bits per heavy atom. The molecule has 0 aliphatic carbocycles. The van der Waals surface area contributed by atoms with Crippen LogP contribution in [0.3, 0.4) is 0 Å². The largest absolute Gasteiger partial charge is 0.550 e. The van der Waals surface area contributed by atoms with E-state index >= 15 is 0 Å². The lowest BCUT2D eigenvalue weighted by Gasteiger charge is -2.14. The zero-order chi connectivity index (χ0) is 10.2. The summed E-state index contributed by atoms with van der Waals surface area (Å²) in [6, 6.07) is 0. The van der Waals surface area contributed by atoms with E-state index in [-0.39, 0.29) is 0 Å². The van der Waals surface area contributed by atoms with Gasteiger partial charge in [0, 0.05) is 13.7 Å². The Morgan fingerprint density at radius 3 is 2.38 bits per heavy atom. The Bertz CT molecular complexity index is 138. The molecule has 78 valence electrons. The van der Waals surface area contributed by atoms with Crippen LogP contribution < -0.4 is 0 Å². The van der Waals surface area contributed by atoms with Crippen LogP contribution in [0.2, 0.25) is 19.6 Å². The van der Waals surface area contributed by atoms with Gasteiger partial charge in [-0.2, -0.15) is 0 Å². The molecule has 0 aromatic carbocycles. The molecule has 0 atom stereocenters. The molecule has 0 aliphatic rings. The number of hydrogen-bond acceptors (Lipinski definition) is 2. The SMILES string of the molecule is COCCCCC=CO[Si](C)(C)C. The fourth-order valence-corrected chi connectivity index (χ4v) is 1.33. The smallest absolute Gasteiger partial charge is 0.241 e. The van der Waals surface area contributed by atoms with Crippen LogP contribution in [0.15, 0.2) is 12.3 Å². The van der Waals surface area contributed by atoms with E-state index in [0.717, 1.165) is 19.4 Å². The van der Waals surface area contributed by atoms with E-state index in [1.165, 1.54) is 6.42 Å². The van der Waals surface area contributed by atoms with Gasteiger partial charge in [-0.05, 0) is 38.9 Å². The fourth-order valence-electron chi connectivity index (χ4n) is 0.829. The lowest BCUT2D eigenvalue weighted by atomic mass is 10.2. The highest BCUT2D eigenvalue weighted by Gasteiger charge is 2.12. The molecule has 0 N–H and O–H groups in total. The maximum absolute atomic E-state index is 5.56. The van der Waals surface area contributed by atoms with Gasteiger partial charge < -0.3 is 9.16 Å². The number of ether oxygens (including phenoxy) is 1. The molecule has 0 fully saturated rings. The van der Waals surface area contributed by atoms with Crippen LogP contribution >= 0.6 is 0 Å². The van der Waals surface area contributed by atoms with Gasteiger partial charge in [-0.25, -0.2) is 0 Å². The molecule has 0 spiro atoms. The van der Waals surface area contributed by atoms with E-state index in [4.69, 9.17) is 9.16 Å². The molecule has 0 aromatic heterocycles. The first-order chi connectivity index (χ1) is 6.06. The van der Waals surface area contributed by atoms with Gasteiger partial charge in [0.05, 0.1) is 6.26 Å². The third-order valence-electron chi connectivity index (χ3n) is 1.49. The van der Waals surface area contributed by atoms with E-state index in [1.807, 2.05) is 6.26 Å². The van der Waals surface area contributed by atoms with Crippen molar-refractivity contribution in [3.05, 3.63) is 12.3 Å². The molecular weight excluding hydrogens is 180 g/mol. The molecule has 0 aromatic rings. The quantitative estimate of drug-likeness (QED) is 0.359. The second-order valence-electron chi connectivity index (χ2n) is 4.09. The van der Waals surface area contributed by atoms with Crippen LogP contribution in [0.5, 0.6) is 0 Å². The summed E-state index contributed by atoms with van der Waals surface area (Å²) in [5.74, 6) is 0. The van der Waals surface area contributed by atoms with Crippen molar-refractivity contribution in [1.29, 1.82) is 0 Å². The van der Waals surface area contributed by atoms with Crippen LogP contribution in [0, 0.1) is 0 Å². The maximum Gasteiger partial charge on any atom is 0.241 e. The predicted molar refractivity (Wildman–Crippen MR) is 59.3 cm³/mol. The predicted octanol–water partition coefficient (Wildman–Crippen LogP) is 3.17. The minimum absolute atomic E-state index is 0.864. The summed E-state index contributed by atoms with van der Waals surface area (Å²) in [6.07, 6.45) is 7.37. The summed E-state index contributed by atoms with van der Waals surface area (Å²) in [6.45, 7) is 7.41. The van der Waals surface area contributed by atoms with Gasteiger partial charge in [-0.3, -0.25) is 0 Å². The Labute approximate surface area is 83.1 Å². The van der Waals surface area contributed by atoms with Gasteiger partial charge in [0.15, 0.2) is 0 Å². The molecule has 2 nitrogen and oxygen atoms in total. The molecule has 0 rings (SSSR count). The highest BCUT2D eigenvalue weighted by Crippen LogP contribution is 2.04. The summed E-state index contributed by atoms with van der Waals surface area (Å²) in [4.78, 5) is 0. The second-order valence-corrected chi connectivity index (χ2v) is 8.55. The van der Waals surface area contributed by atoms with E-state index in [0.29, 0.717) is 0 Å². The van der Waals surface area contributed by atoms with Crippen molar-refractivity contribution in [1.82, 2.24) is 0 Å². The van der Waals surface area contributed by atoms with Crippen molar-refractivity contribution in [3.63, 3.8) is 0 Å². The molecule has 3 heteroatoms. The molecule has 13 heavy (non-hydrogen) atoms. The van der Waals surface area contributed by atoms with Crippen LogP contribution in [-0.2, 0) is 9.16 Å². The number of rotatable bonds is 7. The Morgan fingerprint density at radius 2 is 1.85 bits per heavy atom. The summed E-state index contributed by atoms with van der Waals surface area (Å²) in [5, 5.41) is 0. The first-order valence-corrected chi connectivity index (χ1v) is 8.29. The highest BCUT2D eigenvalue weighted by molar-refractivity contribution is 6.69. The van der Waals surface area contributed by atoms with Crippen LogP contribution in [0.1, 0.15) is 19.3 Å². The van der Waals surface area contributed by atoms with E-state index in [9.17, 15) is 0 Å². The van der Waals surface area contributed by atoms with Gasteiger partial charge in [0.2, 0.25) is 8.32 Å². The van der Waals surface area contributed by atoms with Gasteiger partial charge in [0.1, 0.15) is 0 Å². The number of allylic oxidation sites excluding steroid dienone is 1. The minimum Gasteiger partial charge on any atom is -0.550 e. The Kier molecular flexibility index (Phi) is 7.00. The average molecular weight is 202 g/mol. The van der Waals surface area contributed by atoms with E-state index in [1.54, 1.807) is 7.11 Å². The molecule has 0 saturated carbocycles. The van der Waals surface area contributed by atoms with Crippen molar-refractivity contribution < 1.29 is 9.16 Å². The normalized spacial score (nSPS) is 12.3. The first kappa shape index (κ1) is 12.7. The van der Waals surface area contributed by atoms with Gasteiger partial charge in [-0.15, -0.1) is 0 Å². The molecular formula is C10H22O2Si.